The summed E-state index contributed by atoms with van der Waals surface area (Å²) >= 11 is 0. The Labute approximate surface area is 93.4 Å². The molecule has 5 nitrogen and oxygen atoms in total. The normalized spacial score (nSPS) is 17.2. The Kier molecular flexibility index (Phi) is 2.93. The monoisotopic (exact) mass is 219 g/mol. The van der Waals surface area contributed by atoms with E-state index in [2.05, 4.69) is 10.3 Å². The van der Waals surface area contributed by atoms with Gasteiger partial charge in [-0.2, -0.15) is 5.26 Å². The third-order valence-corrected chi connectivity index (χ3v) is 2.71. The summed E-state index contributed by atoms with van der Waals surface area (Å²) in [5.74, 6) is -0.225. The van der Waals surface area contributed by atoms with E-state index in [9.17, 15) is 4.79 Å². The van der Waals surface area contributed by atoms with Gasteiger partial charge in [-0.3, -0.25) is 4.79 Å². The van der Waals surface area contributed by atoms with Crippen LogP contribution in [0.4, 0.5) is 0 Å². The molecule has 0 aromatic carbocycles. The number of aromatic nitrogens is 1. The molecule has 2 rings (SSSR count). The molecule has 16 heavy (non-hydrogen) atoms. The molecule has 0 bridgehead atoms. The van der Waals surface area contributed by atoms with Gasteiger partial charge in [0.25, 0.3) is 0 Å². The summed E-state index contributed by atoms with van der Waals surface area (Å²) in [6, 6.07) is 3.97. The van der Waals surface area contributed by atoms with E-state index in [0.717, 1.165) is 12.0 Å². The Bertz CT molecular complexity index is 401. The van der Waals surface area contributed by atoms with Crippen LogP contribution < -0.4 is 5.32 Å². The molecule has 0 unspecified atom stereocenters. The Hall–Kier alpha value is -1.80. The maximum absolute atomic E-state index is 11.7. The fraction of sp³-hybridized carbons (Fsp3) is 0.455. The summed E-state index contributed by atoms with van der Waals surface area (Å²) < 4.78 is 4.91. The Balaban J connectivity index is 1.78. The molecule has 1 aliphatic rings. The minimum Gasteiger partial charge on any atom is -0.377 e. The lowest BCUT2D eigenvalue weighted by molar-refractivity contribution is -0.149. The molecule has 0 saturated carbocycles. The molecular formula is C11H13N3O2. The lowest BCUT2D eigenvalue weighted by Crippen LogP contribution is -2.53. The molecule has 0 aliphatic carbocycles. The van der Waals surface area contributed by atoms with E-state index in [0.29, 0.717) is 6.54 Å². The topological polar surface area (TPSA) is 77.9 Å². The maximum Gasteiger partial charge on any atom is 0.245 e. The number of hydrogen-bond acceptors (Lipinski definition) is 3. The number of hydrogen-bond donors (Lipinski definition) is 2. The van der Waals surface area contributed by atoms with E-state index in [1.54, 1.807) is 0 Å². The largest absolute Gasteiger partial charge is 0.377 e. The molecule has 2 heterocycles. The standard InChI is InChI=1S/C11H13N3O2/c12-6-11(7-16-8-11)10(15)14-4-2-9-1-3-13-5-9/h1,3,5,13H,2,4,7-8H2,(H,14,15). The van der Waals surface area contributed by atoms with Crippen LogP contribution in [0.5, 0.6) is 0 Å². The second-order valence-corrected chi connectivity index (χ2v) is 3.91. The van der Waals surface area contributed by atoms with Crippen LogP contribution in [-0.4, -0.2) is 30.6 Å². The van der Waals surface area contributed by atoms with Gasteiger partial charge in [0.1, 0.15) is 0 Å². The summed E-state index contributed by atoms with van der Waals surface area (Å²) in [4.78, 5) is 14.6. The molecule has 5 heteroatoms. The van der Waals surface area contributed by atoms with E-state index in [-0.39, 0.29) is 19.1 Å². The smallest absolute Gasteiger partial charge is 0.245 e. The number of nitriles is 1. The molecule has 0 spiro atoms. The van der Waals surface area contributed by atoms with Crippen molar-refractivity contribution in [2.24, 2.45) is 5.41 Å². The molecule has 1 saturated heterocycles. The van der Waals surface area contributed by atoms with Crippen molar-refractivity contribution in [1.82, 2.24) is 10.3 Å². The Morgan fingerprint density at radius 3 is 3.00 bits per heavy atom. The third kappa shape index (κ3) is 1.92. The molecule has 1 fully saturated rings. The molecule has 1 aromatic heterocycles. The van der Waals surface area contributed by atoms with Crippen LogP contribution in [0.3, 0.4) is 0 Å². The molecule has 1 amide bonds. The van der Waals surface area contributed by atoms with Crippen molar-refractivity contribution in [2.45, 2.75) is 6.42 Å². The zero-order valence-corrected chi connectivity index (χ0v) is 8.82. The van der Waals surface area contributed by atoms with E-state index >= 15 is 0 Å². The van der Waals surface area contributed by atoms with Gasteiger partial charge in [-0.1, -0.05) is 0 Å². The summed E-state index contributed by atoms with van der Waals surface area (Å²) in [6.07, 6.45) is 4.49. The summed E-state index contributed by atoms with van der Waals surface area (Å²) in [5, 5.41) is 11.7. The van der Waals surface area contributed by atoms with Crippen molar-refractivity contribution in [3.05, 3.63) is 24.0 Å². The highest BCUT2D eigenvalue weighted by Crippen LogP contribution is 2.26. The van der Waals surface area contributed by atoms with Crippen molar-refractivity contribution in [2.75, 3.05) is 19.8 Å². The fourth-order valence-electron chi connectivity index (χ4n) is 1.56. The first kappa shape index (κ1) is 10.7. The number of aromatic amines is 1. The van der Waals surface area contributed by atoms with Gasteiger partial charge in [-0.25, -0.2) is 0 Å². The van der Waals surface area contributed by atoms with Crippen molar-refractivity contribution in [3.63, 3.8) is 0 Å². The van der Waals surface area contributed by atoms with Gasteiger partial charge in [-0.05, 0) is 18.1 Å². The van der Waals surface area contributed by atoms with Crippen LogP contribution in [0, 0.1) is 16.7 Å². The number of nitrogens with zero attached hydrogens (tertiary/aromatic N) is 1. The zero-order valence-electron chi connectivity index (χ0n) is 8.82. The number of nitrogens with one attached hydrogen (secondary N) is 2. The minimum absolute atomic E-state index is 0.208. The number of carbonyl (C=O) groups is 1. The van der Waals surface area contributed by atoms with Crippen LogP contribution >= 0.6 is 0 Å². The number of ether oxygens (including phenoxy) is 1. The number of amides is 1. The second kappa shape index (κ2) is 4.37. The Morgan fingerprint density at radius 2 is 2.50 bits per heavy atom. The highest BCUT2D eigenvalue weighted by Gasteiger charge is 2.46. The molecule has 0 radical (unpaired) electrons. The van der Waals surface area contributed by atoms with Crippen molar-refractivity contribution < 1.29 is 9.53 Å². The third-order valence-electron chi connectivity index (χ3n) is 2.71. The van der Waals surface area contributed by atoms with Crippen molar-refractivity contribution in [3.8, 4) is 6.07 Å². The average Bonchev–Trinajstić information content (AvgIpc) is 2.70. The first-order valence-corrected chi connectivity index (χ1v) is 5.16. The summed E-state index contributed by atoms with van der Waals surface area (Å²) in [5.41, 5.74) is 0.189. The first-order valence-electron chi connectivity index (χ1n) is 5.16. The van der Waals surface area contributed by atoms with Gasteiger partial charge in [-0.15, -0.1) is 0 Å². The molecular weight excluding hydrogens is 206 g/mol. The van der Waals surface area contributed by atoms with Crippen LogP contribution in [0.1, 0.15) is 5.56 Å². The predicted octanol–water partition coefficient (Wildman–Crippen LogP) is 0.214. The van der Waals surface area contributed by atoms with Gasteiger partial charge in [0.2, 0.25) is 5.91 Å². The second-order valence-electron chi connectivity index (χ2n) is 3.91. The first-order chi connectivity index (χ1) is 7.77. The minimum atomic E-state index is -0.946. The summed E-state index contributed by atoms with van der Waals surface area (Å²) in [6.45, 7) is 0.957. The van der Waals surface area contributed by atoms with Crippen LogP contribution in [0.2, 0.25) is 0 Å². The van der Waals surface area contributed by atoms with Gasteiger partial charge in [0.15, 0.2) is 5.41 Å². The van der Waals surface area contributed by atoms with E-state index in [1.807, 2.05) is 24.5 Å². The van der Waals surface area contributed by atoms with E-state index in [1.165, 1.54) is 0 Å². The predicted molar refractivity (Wildman–Crippen MR) is 56.4 cm³/mol. The average molecular weight is 219 g/mol. The zero-order chi connectivity index (χ0) is 11.4. The highest BCUT2D eigenvalue weighted by atomic mass is 16.5. The molecule has 1 aromatic rings. The molecule has 0 atom stereocenters. The fourth-order valence-corrected chi connectivity index (χ4v) is 1.56. The maximum atomic E-state index is 11.7. The van der Waals surface area contributed by atoms with Crippen molar-refractivity contribution in [1.29, 1.82) is 5.26 Å². The summed E-state index contributed by atoms with van der Waals surface area (Å²) in [7, 11) is 0. The SMILES string of the molecule is N#CC1(C(=O)NCCc2cc[nH]c2)COC1. The van der Waals surface area contributed by atoms with Gasteiger partial charge >= 0.3 is 0 Å². The van der Waals surface area contributed by atoms with E-state index < -0.39 is 5.41 Å². The Morgan fingerprint density at radius 1 is 1.69 bits per heavy atom. The number of rotatable bonds is 4. The molecule has 2 N–H and O–H groups in total. The molecule has 84 valence electrons. The van der Waals surface area contributed by atoms with Crippen LogP contribution in [0.15, 0.2) is 18.5 Å². The highest BCUT2D eigenvalue weighted by molar-refractivity contribution is 5.86. The lowest BCUT2D eigenvalue weighted by Gasteiger charge is -2.33. The quantitative estimate of drug-likeness (QED) is 0.760. The lowest BCUT2D eigenvalue weighted by atomic mass is 9.87. The number of carbonyl (C=O) groups excluding carboxylic acids is 1. The van der Waals surface area contributed by atoms with Crippen molar-refractivity contribution >= 4 is 5.91 Å². The van der Waals surface area contributed by atoms with Crippen LogP contribution in [-0.2, 0) is 16.0 Å². The van der Waals surface area contributed by atoms with Gasteiger partial charge in [0, 0.05) is 18.9 Å². The molecule has 1 aliphatic heterocycles. The number of H-pyrrole nitrogens is 1. The van der Waals surface area contributed by atoms with E-state index in [4.69, 9.17) is 10.00 Å². The van der Waals surface area contributed by atoms with Gasteiger partial charge < -0.3 is 15.0 Å². The van der Waals surface area contributed by atoms with Crippen LogP contribution in [0.25, 0.3) is 0 Å². The van der Waals surface area contributed by atoms with Gasteiger partial charge in [0.05, 0.1) is 19.3 Å².